The number of nitrogens with zero attached hydrogens (tertiary/aromatic N) is 5. The maximum absolute atomic E-state index is 13.3. The van der Waals surface area contributed by atoms with E-state index in [1.165, 1.54) is 4.57 Å². The fourth-order valence-corrected chi connectivity index (χ4v) is 3.54. The number of nitrogen functional groups attached to an aromatic ring is 1. The normalized spacial score (nSPS) is 11.7. The zero-order chi connectivity index (χ0) is 24.8. The summed E-state index contributed by atoms with van der Waals surface area (Å²) in [6.45, 7) is 3.77. The monoisotopic (exact) mass is 506 g/mol. The van der Waals surface area contributed by atoms with Crippen molar-refractivity contribution in [3.63, 3.8) is 0 Å². The molecule has 0 radical (unpaired) electrons. The standard InChI is InChI=1S/C22H24Cl2N6O4/c1-14(2)34-19-9-8-17(12-18(19)24)27-20-29(13-15-4-6-16(23)7-5-15)21(31)28(11-3-10-26-33)22(32)30(20)25/h4-9,12,14H,3,10-11,13,25H2,1-2H3. The van der Waals surface area contributed by atoms with Gasteiger partial charge in [0.05, 0.1) is 29.9 Å². The molecule has 0 amide bonds. The van der Waals surface area contributed by atoms with Gasteiger partial charge in [0.2, 0.25) is 5.62 Å². The van der Waals surface area contributed by atoms with Crippen molar-refractivity contribution in [1.82, 2.24) is 13.8 Å². The zero-order valence-corrected chi connectivity index (χ0v) is 20.2. The van der Waals surface area contributed by atoms with Crippen LogP contribution in [0.2, 0.25) is 10.0 Å². The number of nitrogens with two attached hydrogens (primary N) is 1. The maximum atomic E-state index is 13.3. The summed E-state index contributed by atoms with van der Waals surface area (Å²) in [6.07, 6.45) is 0.140. The van der Waals surface area contributed by atoms with E-state index in [9.17, 15) is 14.5 Å². The lowest BCUT2D eigenvalue weighted by Crippen LogP contribution is -2.57. The van der Waals surface area contributed by atoms with Crippen LogP contribution in [-0.2, 0) is 13.1 Å². The van der Waals surface area contributed by atoms with E-state index < -0.39 is 11.4 Å². The Morgan fingerprint density at radius 2 is 1.74 bits per heavy atom. The topological polar surface area (TPSA) is 126 Å². The molecule has 180 valence electrons. The minimum atomic E-state index is -0.770. The Morgan fingerprint density at radius 1 is 1.03 bits per heavy atom. The lowest BCUT2D eigenvalue weighted by Gasteiger charge is -2.14. The summed E-state index contributed by atoms with van der Waals surface area (Å²) in [7, 11) is 0. The van der Waals surface area contributed by atoms with Crippen LogP contribution in [-0.4, -0.2) is 26.5 Å². The second kappa shape index (κ2) is 11.2. The SMILES string of the molecule is CC(C)Oc1ccc(N=c2n(N)c(=O)n(CCCN=O)c(=O)n2Cc2ccc(Cl)cc2)cc1Cl. The van der Waals surface area contributed by atoms with E-state index in [1.807, 2.05) is 13.8 Å². The van der Waals surface area contributed by atoms with Crippen LogP contribution < -0.4 is 27.6 Å². The molecule has 0 atom stereocenters. The third-order valence-electron chi connectivity index (χ3n) is 4.75. The summed E-state index contributed by atoms with van der Waals surface area (Å²) in [5.74, 6) is 6.56. The molecule has 0 spiro atoms. The van der Waals surface area contributed by atoms with Crippen LogP contribution in [0.5, 0.6) is 5.75 Å². The van der Waals surface area contributed by atoms with Crippen molar-refractivity contribution in [2.45, 2.75) is 39.5 Å². The number of hydrogen-bond donors (Lipinski definition) is 1. The highest BCUT2D eigenvalue weighted by Gasteiger charge is 2.14. The van der Waals surface area contributed by atoms with Crippen molar-refractivity contribution in [2.75, 3.05) is 12.4 Å². The van der Waals surface area contributed by atoms with Gasteiger partial charge in [-0.25, -0.2) is 19.1 Å². The molecule has 2 N–H and O–H groups in total. The molecule has 0 fully saturated rings. The van der Waals surface area contributed by atoms with E-state index in [4.69, 9.17) is 33.8 Å². The summed E-state index contributed by atoms with van der Waals surface area (Å²) in [4.78, 5) is 41.0. The van der Waals surface area contributed by atoms with Gasteiger partial charge in [-0.1, -0.05) is 40.5 Å². The van der Waals surface area contributed by atoms with Gasteiger partial charge in [-0.2, -0.15) is 9.58 Å². The van der Waals surface area contributed by atoms with Gasteiger partial charge in [0.15, 0.2) is 0 Å². The summed E-state index contributed by atoms with van der Waals surface area (Å²) in [5, 5.41) is 3.63. The molecular weight excluding hydrogens is 483 g/mol. The number of ether oxygens (including phenoxy) is 1. The predicted molar refractivity (Wildman–Crippen MR) is 131 cm³/mol. The fraction of sp³-hybridized carbons (Fsp3) is 0.318. The van der Waals surface area contributed by atoms with E-state index >= 15 is 0 Å². The molecule has 0 saturated carbocycles. The molecule has 0 bridgehead atoms. The third kappa shape index (κ3) is 5.95. The summed E-state index contributed by atoms with van der Waals surface area (Å²) in [5.41, 5.74) is -0.374. The Balaban J connectivity index is 2.19. The fourth-order valence-electron chi connectivity index (χ4n) is 3.19. The van der Waals surface area contributed by atoms with Crippen LogP contribution in [0.25, 0.3) is 0 Å². The number of halogens is 2. The molecule has 34 heavy (non-hydrogen) atoms. The largest absolute Gasteiger partial charge is 0.489 e. The molecular formula is C22H24Cl2N6O4. The van der Waals surface area contributed by atoms with Crippen molar-refractivity contribution in [3.05, 3.63) is 89.6 Å². The first-order chi connectivity index (χ1) is 16.2. The Morgan fingerprint density at radius 3 is 2.35 bits per heavy atom. The van der Waals surface area contributed by atoms with E-state index in [2.05, 4.69) is 10.2 Å². The highest BCUT2D eigenvalue weighted by atomic mass is 35.5. The summed E-state index contributed by atoms with van der Waals surface area (Å²) in [6, 6.07) is 11.7. The van der Waals surface area contributed by atoms with Gasteiger partial charge in [0.1, 0.15) is 5.75 Å². The molecule has 0 saturated heterocycles. The second-order valence-corrected chi connectivity index (χ2v) is 8.54. The van der Waals surface area contributed by atoms with Gasteiger partial charge in [-0.3, -0.25) is 4.57 Å². The van der Waals surface area contributed by atoms with Gasteiger partial charge < -0.3 is 10.6 Å². The lowest BCUT2D eigenvalue weighted by molar-refractivity contribution is 0.242. The first-order valence-electron chi connectivity index (χ1n) is 10.5. The Labute approximate surface area is 204 Å². The molecule has 12 heteroatoms. The number of aromatic nitrogens is 3. The molecule has 10 nitrogen and oxygen atoms in total. The molecule has 2 aromatic carbocycles. The zero-order valence-electron chi connectivity index (χ0n) is 18.6. The summed E-state index contributed by atoms with van der Waals surface area (Å²) < 4.78 is 8.64. The van der Waals surface area contributed by atoms with Gasteiger partial charge in [-0.15, -0.1) is 0 Å². The third-order valence-corrected chi connectivity index (χ3v) is 5.30. The van der Waals surface area contributed by atoms with Crippen molar-refractivity contribution < 1.29 is 4.74 Å². The molecule has 0 unspecified atom stereocenters. The van der Waals surface area contributed by atoms with Gasteiger partial charge >= 0.3 is 11.4 Å². The van der Waals surface area contributed by atoms with Gasteiger partial charge in [-0.05, 0) is 56.2 Å². The summed E-state index contributed by atoms with van der Waals surface area (Å²) >= 11 is 12.3. The van der Waals surface area contributed by atoms with E-state index in [0.717, 1.165) is 14.8 Å². The van der Waals surface area contributed by atoms with Gasteiger partial charge in [0, 0.05) is 11.6 Å². The van der Waals surface area contributed by atoms with Crippen molar-refractivity contribution in [2.24, 2.45) is 10.2 Å². The highest BCUT2D eigenvalue weighted by molar-refractivity contribution is 6.32. The highest BCUT2D eigenvalue weighted by Crippen LogP contribution is 2.29. The van der Waals surface area contributed by atoms with Crippen LogP contribution in [0.1, 0.15) is 25.8 Å². The van der Waals surface area contributed by atoms with Crippen molar-refractivity contribution >= 4 is 28.9 Å². The molecule has 1 heterocycles. The van der Waals surface area contributed by atoms with Crippen LogP contribution in [0.3, 0.4) is 0 Å². The molecule has 3 rings (SSSR count). The Hall–Kier alpha value is -3.37. The minimum absolute atomic E-state index is 0.0193. The predicted octanol–water partition coefficient (Wildman–Crippen LogP) is 3.06. The number of benzene rings is 2. The Kier molecular flexibility index (Phi) is 8.30. The average Bonchev–Trinajstić information content (AvgIpc) is 2.79. The van der Waals surface area contributed by atoms with Crippen LogP contribution in [0, 0.1) is 4.91 Å². The molecule has 0 aliphatic carbocycles. The van der Waals surface area contributed by atoms with E-state index in [0.29, 0.717) is 21.5 Å². The molecule has 1 aromatic heterocycles. The average molecular weight is 507 g/mol. The first kappa shape index (κ1) is 25.3. The van der Waals surface area contributed by atoms with E-state index in [1.54, 1.807) is 42.5 Å². The number of hydrogen-bond acceptors (Lipinski definition) is 7. The van der Waals surface area contributed by atoms with Crippen LogP contribution >= 0.6 is 23.2 Å². The minimum Gasteiger partial charge on any atom is -0.489 e. The van der Waals surface area contributed by atoms with Crippen molar-refractivity contribution in [1.29, 1.82) is 0 Å². The maximum Gasteiger partial charge on any atom is 0.353 e. The molecule has 0 aliphatic heterocycles. The molecule has 3 aromatic rings. The van der Waals surface area contributed by atoms with Crippen LogP contribution in [0.15, 0.2) is 62.2 Å². The number of nitroso groups, excluding NO2 is 1. The number of rotatable bonds is 9. The van der Waals surface area contributed by atoms with Gasteiger partial charge in [0.25, 0.3) is 0 Å². The lowest BCUT2D eigenvalue weighted by atomic mass is 10.2. The van der Waals surface area contributed by atoms with Crippen LogP contribution in [0.4, 0.5) is 5.69 Å². The molecule has 0 aliphatic rings. The smallest absolute Gasteiger partial charge is 0.353 e. The second-order valence-electron chi connectivity index (χ2n) is 7.70. The first-order valence-corrected chi connectivity index (χ1v) is 11.2. The quantitative estimate of drug-likeness (QED) is 0.271. The van der Waals surface area contributed by atoms with Crippen molar-refractivity contribution in [3.8, 4) is 5.75 Å². The van der Waals surface area contributed by atoms with E-state index in [-0.39, 0.29) is 37.8 Å². The Bertz CT molecular complexity index is 1360.